The summed E-state index contributed by atoms with van der Waals surface area (Å²) < 4.78 is 26.2. The summed E-state index contributed by atoms with van der Waals surface area (Å²) in [6, 6.07) is 1.89. The van der Waals surface area contributed by atoms with Crippen molar-refractivity contribution in [2.75, 3.05) is 17.7 Å². The summed E-state index contributed by atoms with van der Waals surface area (Å²) in [4.78, 5) is 0. The van der Waals surface area contributed by atoms with Crippen molar-refractivity contribution < 1.29 is 13.9 Å². The van der Waals surface area contributed by atoms with E-state index in [-0.39, 0.29) is 18.0 Å². The first-order valence-electron chi connectivity index (χ1n) is 5.20. The lowest BCUT2D eigenvalue weighted by Crippen LogP contribution is -2.48. The maximum atomic E-state index is 13.2. The smallest absolute Gasteiger partial charge is 0.151 e. The Bertz CT molecular complexity index is 400. The molecule has 0 bridgehead atoms. The third-order valence-corrected chi connectivity index (χ3v) is 3.11. The molecular formula is C11H14F2N2O. The summed E-state index contributed by atoms with van der Waals surface area (Å²) in [5.74, 6) is -1.46. The number of nitrogens with two attached hydrogens (primary N) is 1. The van der Waals surface area contributed by atoms with Crippen LogP contribution in [0.3, 0.4) is 0 Å². The molecule has 0 heterocycles. The Balaban J connectivity index is 2.27. The van der Waals surface area contributed by atoms with Crippen molar-refractivity contribution >= 4 is 11.4 Å². The lowest BCUT2D eigenvalue weighted by Gasteiger charge is -2.42. The molecule has 2 rings (SSSR count). The van der Waals surface area contributed by atoms with Crippen LogP contribution >= 0.6 is 0 Å². The highest BCUT2D eigenvalue weighted by molar-refractivity contribution is 5.68. The molecule has 1 fully saturated rings. The maximum absolute atomic E-state index is 13.2. The number of nitrogen functional groups attached to an aromatic ring is 1. The zero-order valence-electron chi connectivity index (χ0n) is 8.76. The number of halogens is 2. The normalized spacial score (nSPS) is 17.9. The van der Waals surface area contributed by atoms with Gasteiger partial charge in [0.1, 0.15) is 5.82 Å². The molecule has 0 amide bonds. The van der Waals surface area contributed by atoms with Crippen molar-refractivity contribution in [1.82, 2.24) is 0 Å². The lowest BCUT2D eigenvalue weighted by molar-refractivity contribution is 0.144. The van der Waals surface area contributed by atoms with Gasteiger partial charge in [-0.1, -0.05) is 0 Å². The molecule has 0 unspecified atom stereocenters. The summed E-state index contributed by atoms with van der Waals surface area (Å²) >= 11 is 0. The van der Waals surface area contributed by atoms with Crippen molar-refractivity contribution in [3.63, 3.8) is 0 Å². The van der Waals surface area contributed by atoms with Crippen LogP contribution in [0.25, 0.3) is 0 Å². The molecule has 3 nitrogen and oxygen atoms in total. The van der Waals surface area contributed by atoms with Gasteiger partial charge >= 0.3 is 0 Å². The van der Waals surface area contributed by atoms with E-state index in [0.717, 1.165) is 31.4 Å². The number of benzene rings is 1. The zero-order valence-corrected chi connectivity index (χ0v) is 8.76. The van der Waals surface area contributed by atoms with E-state index in [9.17, 15) is 13.9 Å². The van der Waals surface area contributed by atoms with E-state index < -0.39 is 17.2 Å². The highest BCUT2D eigenvalue weighted by Gasteiger charge is 2.36. The number of anilines is 2. The van der Waals surface area contributed by atoms with Gasteiger partial charge in [-0.3, -0.25) is 0 Å². The first-order chi connectivity index (χ1) is 7.56. The van der Waals surface area contributed by atoms with Gasteiger partial charge in [0.25, 0.3) is 0 Å². The zero-order chi connectivity index (χ0) is 11.8. The summed E-state index contributed by atoms with van der Waals surface area (Å²) in [5, 5.41) is 12.2. The topological polar surface area (TPSA) is 58.3 Å². The average molecular weight is 228 g/mol. The summed E-state index contributed by atoms with van der Waals surface area (Å²) in [6.07, 6.45) is 2.55. The van der Waals surface area contributed by atoms with Crippen LogP contribution in [0, 0.1) is 11.6 Å². The second kappa shape index (κ2) is 3.90. The molecule has 0 saturated heterocycles. The summed E-state index contributed by atoms with van der Waals surface area (Å²) in [6.45, 7) is -0.0649. The van der Waals surface area contributed by atoms with Gasteiger partial charge in [0.05, 0.1) is 23.5 Å². The van der Waals surface area contributed by atoms with Crippen LogP contribution in [0.1, 0.15) is 19.3 Å². The SMILES string of the molecule is Nc1c(F)cc(F)cc1NC1(CO)CCC1. The van der Waals surface area contributed by atoms with E-state index in [1.54, 1.807) is 0 Å². The molecule has 16 heavy (non-hydrogen) atoms. The van der Waals surface area contributed by atoms with Gasteiger partial charge in [-0.05, 0) is 25.3 Å². The van der Waals surface area contributed by atoms with Gasteiger partial charge in [-0.15, -0.1) is 0 Å². The van der Waals surface area contributed by atoms with E-state index in [0.29, 0.717) is 0 Å². The molecule has 88 valence electrons. The number of hydrogen-bond acceptors (Lipinski definition) is 3. The highest BCUT2D eigenvalue weighted by Crippen LogP contribution is 2.37. The fraction of sp³-hybridized carbons (Fsp3) is 0.455. The van der Waals surface area contributed by atoms with Crippen molar-refractivity contribution in [3.05, 3.63) is 23.8 Å². The first-order valence-corrected chi connectivity index (χ1v) is 5.20. The molecule has 0 aliphatic heterocycles. The quantitative estimate of drug-likeness (QED) is 0.692. The van der Waals surface area contributed by atoms with Crippen molar-refractivity contribution in [1.29, 1.82) is 0 Å². The summed E-state index contributed by atoms with van der Waals surface area (Å²) in [7, 11) is 0. The van der Waals surface area contributed by atoms with Crippen LogP contribution in [-0.4, -0.2) is 17.3 Å². The van der Waals surface area contributed by atoms with Crippen molar-refractivity contribution in [3.8, 4) is 0 Å². The third-order valence-electron chi connectivity index (χ3n) is 3.11. The number of hydrogen-bond donors (Lipinski definition) is 3. The van der Waals surface area contributed by atoms with Crippen LogP contribution in [0.2, 0.25) is 0 Å². The van der Waals surface area contributed by atoms with Crippen LogP contribution in [0.4, 0.5) is 20.2 Å². The Labute approximate surface area is 92.3 Å². The van der Waals surface area contributed by atoms with Gasteiger partial charge in [0, 0.05) is 6.07 Å². The van der Waals surface area contributed by atoms with Crippen molar-refractivity contribution in [2.24, 2.45) is 0 Å². The van der Waals surface area contributed by atoms with E-state index in [1.807, 2.05) is 0 Å². The third kappa shape index (κ3) is 1.82. The Morgan fingerprint density at radius 3 is 2.56 bits per heavy atom. The van der Waals surface area contributed by atoms with Gasteiger partial charge in [-0.25, -0.2) is 8.78 Å². The Morgan fingerprint density at radius 2 is 2.06 bits per heavy atom. The molecule has 4 N–H and O–H groups in total. The van der Waals surface area contributed by atoms with Gasteiger partial charge in [0.2, 0.25) is 0 Å². The molecule has 1 aromatic rings. The number of aliphatic hydroxyl groups is 1. The molecule has 1 aliphatic carbocycles. The number of aliphatic hydroxyl groups excluding tert-OH is 1. The minimum absolute atomic E-state index is 0.0649. The number of rotatable bonds is 3. The largest absolute Gasteiger partial charge is 0.395 e. The molecule has 0 radical (unpaired) electrons. The van der Waals surface area contributed by atoms with E-state index in [1.165, 1.54) is 0 Å². The predicted molar refractivity (Wildman–Crippen MR) is 58.1 cm³/mol. The summed E-state index contributed by atoms with van der Waals surface area (Å²) in [5.41, 5.74) is 5.15. The number of nitrogens with one attached hydrogen (secondary N) is 1. The Kier molecular flexibility index (Phi) is 2.71. The molecule has 1 aliphatic rings. The minimum Gasteiger partial charge on any atom is -0.395 e. The average Bonchev–Trinajstić information content (AvgIpc) is 2.18. The second-order valence-electron chi connectivity index (χ2n) is 4.27. The standard InChI is InChI=1S/C11H14F2N2O/c12-7-4-8(13)10(14)9(5-7)15-11(6-16)2-1-3-11/h4-5,15-16H,1-3,6,14H2. The predicted octanol–water partition coefficient (Wildman–Crippen LogP) is 1.87. The molecular weight excluding hydrogens is 214 g/mol. The van der Waals surface area contributed by atoms with Crippen molar-refractivity contribution in [2.45, 2.75) is 24.8 Å². The van der Waals surface area contributed by atoms with Gasteiger partial charge < -0.3 is 16.2 Å². The molecule has 0 atom stereocenters. The van der Waals surface area contributed by atoms with Gasteiger partial charge in [0.15, 0.2) is 5.82 Å². The Hall–Kier alpha value is -1.36. The maximum Gasteiger partial charge on any atom is 0.151 e. The van der Waals surface area contributed by atoms with Crippen LogP contribution in [-0.2, 0) is 0 Å². The molecule has 5 heteroatoms. The van der Waals surface area contributed by atoms with E-state index in [2.05, 4.69) is 5.32 Å². The molecule has 0 spiro atoms. The molecule has 1 aromatic carbocycles. The second-order valence-corrected chi connectivity index (χ2v) is 4.27. The minimum atomic E-state index is -0.782. The molecule has 0 aromatic heterocycles. The fourth-order valence-electron chi connectivity index (χ4n) is 1.90. The lowest BCUT2D eigenvalue weighted by atomic mass is 9.77. The van der Waals surface area contributed by atoms with Crippen LogP contribution in [0.5, 0.6) is 0 Å². The van der Waals surface area contributed by atoms with Crippen LogP contribution < -0.4 is 11.1 Å². The Morgan fingerprint density at radius 1 is 1.38 bits per heavy atom. The monoisotopic (exact) mass is 228 g/mol. The first kappa shape index (κ1) is 11.1. The van der Waals surface area contributed by atoms with Gasteiger partial charge in [-0.2, -0.15) is 0 Å². The fourth-order valence-corrected chi connectivity index (χ4v) is 1.90. The van der Waals surface area contributed by atoms with E-state index >= 15 is 0 Å². The highest BCUT2D eigenvalue weighted by atomic mass is 19.1. The van der Waals surface area contributed by atoms with Crippen LogP contribution in [0.15, 0.2) is 12.1 Å². The molecule has 1 saturated carbocycles. The van der Waals surface area contributed by atoms with E-state index in [4.69, 9.17) is 5.73 Å².